The van der Waals surface area contributed by atoms with Gasteiger partial charge in [-0.05, 0) is 80.4 Å². The number of para-hydroxylation sites is 2. The van der Waals surface area contributed by atoms with Crippen molar-refractivity contribution in [2.24, 2.45) is 0 Å². The van der Waals surface area contributed by atoms with Crippen molar-refractivity contribution in [3.05, 3.63) is 194 Å². The van der Waals surface area contributed by atoms with Gasteiger partial charge in [0.05, 0.1) is 5.69 Å². The number of hydrogen-bond acceptors (Lipinski definition) is 3. The molecule has 0 radical (unpaired) electrons. The summed E-state index contributed by atoms with van der Waals surface area (Å²) in [5.74, 6) is 3.42. The maximum absolute atomic E-state index is 6.96. The predicted octanol–water partition coefficient (Wildman–Crippen LogP) is 11.5. The molecule has 0 unspecified atom stereocenters. The molecule has 0 fully saturated rings. The van der Waals surface area contributed by atoms with Gasteiger partial charge in [0.25, 0.3) is 6.71 Å². The first kappa shape index (κ1) is 30.6. The molecule has 4 heteroatoms. The van der Waals surface area contributed by atoms with Crippen LogP contribution in [0.4, 0.5) is 17.1 Å². The molecule has 0 saturated heterocycles. The van der Waals surface area contributed by atoms with Gasteiger partial charge < -0.3 is 14.4 Å². The maximum Gasteiger partial charge on any atom is 0.261 e. The van der Waals surface area contributed by atoms with Crippen LogP contribution < -0.4 is 30.8 Å². The minimum absolute atomic E-state index is 0.114. The number of benzene rings is 9. The molecule has 0 atom stereocenters. The van der Waals surface area contributed by atoms with Gasteiger partial charge in [-0.25, -0.2) is 0 Å². The van der Waals surface area contributed by atoms with E-state index in [1.807, 2.05) is 6.07 Å². The van der Waals surface area contributed by atoms with E-state index in [4.69, 9.17) is 9.47 Å². The molecule has 0 saturated carbocycles. The number of fused-ring (bicyclic) bond motifs is 8. The van der Waals surface area contributed by atoms with Gasteiger partial charge in [0.15, 0.2) is 0 Å². The number of rotatable bonds is 5. The second-order valence-electron chi connectivity index (χ2n) is 14.0. The summed E-state index contributed by atoms with van der Waals surface area (Å²) in [5, 5.41) is 4.57. The number of hydrogen-bond donors (Lipinski definition) is 0. The number of anilines is 3. The van der Waals surface area contributed by atoms with Gasteiger partial charge >= 0.3 is 0 Å². The highest BCUT2D eigenvalue weighted by molar-refractivity contribution is 6.99. The van der Waals surface area contributed by atoms with E-state index in [0.717, 1.165) is 78.0 Å². The summed E-state index contributed by atoms with van der Waals surface area (Å²) in [7, 11) is 0. The first-order valence-corrected chi connectivity index (χ1v) is 18.5. The van der Waals surface area contributed by atoms with Crippen molar-refractivity contribution < 1.29 is 9.47 Å². The van der Waals surface area contributed by atoms with Crippen LogP contribution in [0.2, 0.25) is 0 Å². The molecule has 9 aromatic rings. The topological polar surface area (TPSA) is 21.7 Å². The van der Waals surface area contributed by atoms with E-state index in [1.54, 1.807) is 0 Å². The second kappa shape index (κ2) is 12.3. The molecule has 2 aliphatic heterocycles. The standard InChI is InChI=1S/C50H32BNO2/c1-4-15-33(16-5-1)34-27-29-35(30-28-34)42-31-43-50(41-24-13-10-21-38(41)42)54-46-26-14-25-45-49(46)51(43)48-40-23-12-11-22-39(40)44(32-47(48)53-45)52(36-17-6-2-7-18-36)37-19-8-3-9-20-37/h1-32H. The van der Waals surface area contributed by atoms with Crippen LogP contribution in [0.3, 0.4) is 0 Å². The lowest BCUT2D eigenvalue weighted by Crippen LogP contribution is -2.57. The van der Waals surface area contributed by atoms with Crippen molar-refractivity contribution in [1.29, 1.82) is 0 Å². The summed E-state index contributed by atoms with van der Waals surface area (Å²) < 4.78 is 13.9. The third-order valence-electron chi connectivity index (χ3n) is 11.0. The average Bonchev–Trinajstić information content (AvgIpc) is 3.24. The Morgan fingerprint density at radius 2 is 0.907 bits per heavy atom. The Labute approximate surface area is 314 Å². The highest BCUT2D eigenvalue weighted by atomic mass is 16.5. The maximum atomic E-state index is 6.96. The fourth-order valence-electron chi connectivity index (χ4n) is 8.58. The molecule has 0 N–H and O–H groups in total. The second-order valence-corrected chi connectivity index (χ2v) is 14.0. The van der Waals surface area contributed by atoms with Crippen molar-refractivity contribution in [3.63, 3.8) is 0 Å². The van der Waals surface area contributed by atoms with E-state index < -0.39 is 0 Å². The van der Waals surface area contributed by atoms with Crippen LogP contribution in [-0.2, 0) is 0 Å². The van der Waals surface area contributed by atoms with Gasteiger partial charge in [-0.1, -0.05) is 152 Å². The summed E-state index contributed by atoms with van der Waals surface area (Å²) in [6.07, 6.45) is 0. The molecular formula is C50H32BNO2. The molecule has 0 spiro atoms. The zero-order valence-electron chi connectivity index (χ0n) is 29.3. The van der Waals surface area contributed by atoms with Crippen LogP contribution in [0.25, 0.3) is 43.8 Å². The molecule has 9 aromatic carbocycles. The Hall–Kier alpha value is -7.04. The lowest BCUT2D eigenvalue weighted by Gasteiger charge is -2.36. The normalized spacial score (nSPS) is 12.3. The number of ether oxygens (including phenoxy) is 2. The smallest absolute Gasteiger partial charge is 0.261 e. The summed E-state index contributed by atoms with van der Waals surface area (Å²) in [5.41, 5.74) is 11.3. The van der Waals surface area contributed by atoms with E-state index in [1.165, 1.54) is 22.3 Å². The Balaban J connectivity index is 1.16. The quantitative estimate of drug-likeness (QED) is 0.168. The first-order valence-electron chi connectivity index (χ1n) is 18.5. The lowest BCUT2D eigenvalue weighted by molar-refractivity contribution is 0.467. The van der Waals surface area contributed by atoms with E-state index in [9.17, 15) is 0 Å². The van der Waals surface area contributed by atoms with Crippen molar-refractivity contribution in [3.8, 4) is 45.3 Å². The summed E-state index contributed by atoms with van der Waals surface area (Å²) in [6.45, 7) is -0.114. The molecule has 0 bridgehead atoms. The molecule has 252 valence electrons. The largest absolute Gasteiger partial charge is 0.458 e. The monoisotopic (exact) mass is 689 g/mol. The molecular weight excluding hydrogens is 657 g/mol. The predicted molar refractivity (Wildman–Crippen MR) is 225 cm³/mol. The Morgan fingerprint density at radius 3 is 1.59 bits per heavy atom. The minimum Gasteiger partial charge on any atom is -0.458 e. The van der Waals surface area contributed by atoms with Crippen LogP contribution in [0, 0.1) is 0 Å². The van der Waals surface area contributed by atoms with Gasteiger partial charge in [-0.3, -0.25) is 0 Å². The highest BCUT2D eigenvalue weighted by Crippen LogP contribution is 2.45. The van der Waals surface area contributed by atoms with Gasteiger partial charge in [0.2, 0.25) is 0 Å². The van der Waals surface area contributed by atoms with Crippen LogP contribution in [-0.4, -0.2) is 6.71 Å². The van der Waals surface area contributed by atoms with Crippen LogP contribution >= 0.6 is 0 Å². The van der Waals surface area contributed by atoms with Gasteiger partial charge in [-0.15, -0.1) is 0 Å². The van der Waals surface area contributed by atoms with Gasteiger partial charge in [0, 0.05) is 33.7 Å². The molecule has 0 aliphatic carbocycles. The highest BCUT2D eigenvalue weighted by Gasteiger charge is 2.42. The van der Waals surface area contributed by atoms with Crippen molar-refractivity contribution in [1.82, 2.24) is 0 Å². The van der Waals surface area contributed by atoms with E-state index in [0.29, 0.717) is 0 Å². The van der Waals surface area contributed by atoms with Crippen molar-refractivity contribution in [2.45, 2.75) is 0 Å². The van der Waals surface area contributed by atoms with E-state index in [-0.39, 0.29) is 6.71 Å². The van der Waals surface area contributed by atoms with Gasteiger partial charge in [-0.2, -0.15) is 0 Å². The molecule has 54 heavy (non-hydrogen) atoms. The first-order chi connectivity index (χ1) is 26.8. The Bertz CT molecular complexity index is 2830. The lowest BCUT2D eigenvalue weighted by atomic mass is 9.34. The molecule has 2 heterocycles. The molecule has 2 aliphatic rings. The zero-order chi connectivity index (χ0) is 35.6. The zero-order valence-corrected chi connectivity index (χ0v) is 29.3. The van der Waals surface area contributed by atoms with Gasteiger partial charge in [0.1, 0.15) is 23.0 Å². The Morgan fingerprint density at radius 1 is 0.370 bits per heavy atom. The molecule has 3 nitrogen and oxygen atoms in total. The third-order valence-corrected chi connectivity index (χ3v) is 11.0. The van der Waals surface area contributed by atoms with E-state index in [2.05, 4.69) is 193 Å². The number of nitrogens with zero attached hydrogens (tertiary/aromatic N) is 1. The summed E-state index contributed by atoms with van der Waals surface area (Å²) in [4.78, 5) is 2.33. The summed E-state index contributed by atoms with van der Waals surface area (Å²) >= 11 is 0. The Kier molecular flexibility index (Phi) is 6.96. The molecule has 0 aromatic heterocycles. The molecule has 0 amide bonds. The van der Waals surface area contributed by atoms with Crippen LogP contribution in [0.5, 0.6) is 23.0 Å². The molecule has 11 rings (SSSR count). The van der Waals surface area contributed by atoms with Crippen molar-refractivity contribution in [2.75, 3.05) is 4.90 Å². The summed E-state index contributed by atoms with van der Waals surface area (Å²) in [6, 6.07) is 68.9. The fourth-order valence-corrected chi connectivity index (χ4v) is 8.58. The SMILES string of the molecule is c1ccc(-c2ccc(-c3cc4c(c5ccccc35)Oc3cccc5c3B4c3c(cc(N(c4ccccc4)c4ccccc4)c4ccccc34)O5)cc2)cc1. The van der Waals surface area contributed by atoms with Crippen LogP contribution in [0.1, 0.15) is 0 Å². The van der Waals surface area contributed by atoms with Crippen LogP contribution in [0.15, 0.2) is 194 Å². The third kappa shape index (κ3) is 4.77. The average molecular weight is 690 g/mol. The van der Waals surface area contributed by atoms with E-state index >= 15 is 0 Å². The fraction of sp³-hybridized carbons (Fsp3) is 0. The van der Waals surface area contributed by atoms with Crippen molar-refractivity contribution >= 4 is 61.7 Å². The minimum atomic E-state index is -0.114.